The Labute approximate surface area is 224 Å². The lowest BCUT2D eigenvalue weighted by molar-refractivity contribution is -0.137. The molecule has 6 heteroatoms. The van der Waals surface area contributed by atoms with E-state index < -0.39 is 5.97 Å². The van der Waals surface area contributed by atoms with Crippen LogP contribution in [0.2, 0.25) is 0 Å². The van der Waals surface area contributed by atoms with Crippen LogP contribution in [0.15, 0.2) is 72.9 Å². The molecule has 0 unspecified atom stereocenters. The molecule has 2 heterocycles. The molecule has 0 fully saturated rings. The Hall–Kier alpha value is -3.93. The fourth-order valence-corrected chi connectivity index (χ4v) is 4.72. The third-order valence-corrected chi connectivity index (χ3v) is 6.57. The Balaban J connectivity index is 1.50. The number of carboxylic acid groups (broad SMARTS) is 1. The lowest BCUT2D eigenvalue weighted by Crippen LogP contribution is -2.08. The van der Waals surface area contributed by atoms with Gasteiger partial charge in [0.05, 0.1) is 5.52 Å². The molecule has 0 bridgehead atoms. The smallest absolute Gasteiger partial charge is 0.303 e. The summed E-state index contributed by atoms with van der Waals surface area (Å²) in [5, 5.41) is 8.97. The normalized spacial score (nSPS) is 12.1. The third-order valence-electron chi connectivity index (χ3n) is 6.57. The van der Waals surface area contributed by atoms with E-state index in [1.165, 1.54) is 5.56 Å². The SMILES string of the molecule is CCC[C@H](Oc1ccc(C(=O)c2nc(CCCC(=O)O)n3ccccc23)cc1)c1ccc(CC(C)C)cc1. The molecule has 0 amide bonds. The molecule has 0 spiro atoms. The third kappa shape index (κ3) is 6.68. The van der Waals surface area contributed by atoms with Crippen LogP contribution in [0.25, 0.3) is 5.52 Å². The van der Waals surface area contributed by atoms with Crippen LogP contribution >= 0.6 is 0 Å². The Morgan fingerprint density at radius 3 is 2.39 bits per heavy atom. The van der Waals surface area contributed by atoms with Crippen molar-refractivity contribution in [3.05, 3.63) is 101 Å². The number of carbonyl (C=O) groups excluding carboxylic acids is 1. The van der Waals surface area contributed by atoms with Crippen molar-refractivity contribution in [3.8, 4) is 5.75 Å². The van der Waals surface area contributed by atoms with Crippen LogP contribution in [-0.4, -0.2) is 26.2 Å². The number of carboxylic acids is 1. The maximum atomic E-state index is 13.4. The van der Waals surface area contributed by atoms with Gasteiger partial charge in [0.1, 0.15) is 23.4 Å². The van der Waals surface area contributed by atoms with Crippen LogP contribution in [0, 0.1) is 5.92 Å². The lowest BCUT2D eigenvalue weighted by atomic mass is 9.99. The molecule has 2 aromatic carbocycles. The van der Waals surface area contributed by atoms with Crippen LogP contribution < -0.4 is 4.74 Å². The van der Waals surface area contributed by atoms with Gasteiger partial charge in [-0.1, -0.05) is 57.5 Å². The number of imidazole rings is 1. The predicted molar refractivity (Wildman–Crippen MR) is 149 cm³/mol. The van der Waals surface area contributed by atoms with Crippen LogP contribution in [0.4, 0.5) is 0 Å². The fourth-order valence-electron chi connectivity index (χ4n) is 4.72. The first-order chi connectivity index (χ1) is 18.4. The number of aliphatic carboxylic acids is 1. The maximum absolute atomic E-state index is 13.4. The molecule has 1 atom stereocenters. The van der Waals surface area contributed by atoms with Crippen molar-refractivity contribution in [2.24, 2.45) is 5.92 Å². The zero-order chi connectivity index (χ0) is 27.1. The number of ether oxygens (including phenoxy) is 1. The van der Waals surface area contributed by atoms with Gasteiger partial charge < -0.3 is 14.2 Å². The van der Waals surface area contributed by atoms with Crippen molar-refractivity contribution >= 4 is 17.3 Å². The zero-order valence-corrected chi connectivity index (χ0v) is 22.4. The molecule has 4 aromatic rings. The summed E-state index contributed by atoms with van der Waals surface area (Å²) in [5.41, 5.74) is 4.10. The van der Waals surface area contributed by atoms with Crippen molar-refractivity contribution in [2.75, 3.05) is 0 Å². The summed E-state index contributed by atoms with van der Waals surface area (Å²) >= 11 is 0. The number of aryl methyl sites for hydroxylation is 1. The first-order valence-electron chi connectivity index (χ1n) is 13.4. The van der Waals surface area contributed by atoms with Gasteiger partial charge in [0.25, 0.3) is 0 Å². The Kier molecular flexibility index (Phi) is 8.95. The van der Waals surface area contributed by atoms with Crippen molar-refractivity contribution in [2.45, 2.75) is 65.4 Å². The molecule has 198 valence electrons. The Morgan fingerprint density at radius 1 is 1.00 bits per heavy atom. The average molecular weight is 513 g/mol. The van der Waals surface area contributed by atoms with E-state index >= 15 is 0 Å². The van der Waals surface area contributed by atoms with Gasteiger partial charge in [-0.2, -0.15) is 0 Å². The number of aromatic nitrogens is 2. The summed E-state index contributed by atoms with van der Waals surface area (Å²) in [6, 6.07) is 21.6. The second-order valence-electron chi connectivity index (χ2n) is 10.2. The van der Waals surface area contributed by atoms with Gasteiger partial charge in [-0.15, -0.1) is 0 Å². The minimum absolute atomic E-state index is 0.0555. The van der Waals surface area contributed by atoms with E-state index in [4.69, 9.17) is 9.84 Å². The zero-order valence-electron chi connectivity index (χ0n) is 22.4. The largest absolute Gasteiger partial charge is 0.486 e. The summed E-state index contributed by atoms with van der Waals surface area (Å²) < 4.78 is 8.23. The van der Waals surface area contributed by atoms with Crippen LogP contribution in [-0.2, 0) is 17.6 Å². The van der Waals surface area contributed by atoms with Crippen molar-refractivity contribution in [1.82, 2.24) is 9.38 Å². The Morgan fingerprint density at radius 2 is 1.74 bits per heavy atom. The molecular weight excluding hydrogens is 476 g/mol. The van der Waals surface area contributed by atoms with Crippen molar-refractivity contribution in [1.29, 1.82) is 0 Å². The number of pyridine rings is 1. The Bertz CT molecular complexity index is 1370. The highest BCUT2D eigenvalue weighted by Gasteiger charge is 2.20. The van der Waals surface area contributed by atoms with Gasteiger partial charge in [-0.25, -0.2) is 4.98 Å². The summed E-state index contributed by atoms with van der Waals surface area (Å²) in [7, 11) is 0. The molecule has 2 aromatic heterocycles. The van der Waals surface area contributed by atoms with Gasteiger partial charge >= 0.3 is 5.97 Å². The molecule has 0 saturated carbocycles. The number of carbonyl (C=O) groups is 2. The van der Waals surface area contributed by atoms with Gasteiger partial charge in [0, 0.05) is 24.6 Å². The molecule has 6 nitrogen and oxygen atoms in total. The van der Waals surface area contributed by atoms with E-state index in [2.05, 4.69) is 50.0 Å². The number of nitrogens with zero attached hydrogens (tertiary/aromatic N) is 2. The second-order valence-corrected chi connectivity index (χ2v) is 10.2. The first-order valence-corrected chi connectivity index (χ1v) is 13.4. The minimum Gasteiger partial charge on any atom is -0.486 e. The summed E-state index contributed by atoms with van der Waals surface area (Å²) in [6.07, 6.45) is 5.76. The highest BCUT2D eigenvalue weighted by atomic mass is 16.5. The topological polar surface area (TPSA) is 80.9 Å². The summed E-state index contributed by atoms with van der Waals surface area (Å²) in [4.78, 5) is 28.9. The van der Waals surface area contributed by atoms with Crippen LogP contribution in [0.3, 0.4) is 0 Å². The van der Waals surface area contributed by atoms with Gasteiger partial charge in [-0.05, 0) is 72.7 Å². The van der Waals surface area contributed by atoms with E-state index in [9.17, 15) is 9.59 Å². The van der Waals surface area contributed by atoms with E-state index in [1.807, 2.05) is 40.9 Å². The van der Waals surface area contributed by atoms with Gasteiger partial charge in [-0.3, -0.25) is 9.59 Å². The number of ketones is 1. The predicted octanol–water partition coefficient (Wildman–Crippen LogP) is 7.09. The highest BCUT2D eigenvalue weighted by molar-refractivity contribution is 6.11. The quantitative estimate of drug-likeness (QED) is 0.193. The number of hydrogen-bond donors (Lipinski definition) is 1. The van der Waals surface area contributed by atoms with E-state index in [1.54, 1.807) is 12.1 Å². The molecule has 0 radical (unpaired) electrons. The highest BCUT2D eigenvalue weighted by Crippen LogP contribution is 2.28. The van der Waals surface area contributed by atoms with E-state index in [-0.39, 0.29) is 18.3 Å². The molecule has 0 saturated heterocycles. The molecule has 0 aliphatic carbocycles. The van der Waals surface area contributed by atoms with E-state index in [0.717, 1.165) is 30.6 Å². The molecule has 0 aliphatic rings. The van der Waals surface area contributed by atoms with Gasteiger partial charge in [0.15, 0.2) is 0 Å². The fraction of sp³-hybridized carbons (Fsp3) is 0.344. The molecular formula is C32H36N2O4. The summed E-state index contributed by atoms with van der Waals surface area (Å²) in [5.74, 6) is 1.01. The molecule has 38 heavy (non-hydrogen) atoms. The van der Waals surface area contributed by atoms with Crippen LogP contribution in [0.5, 0.6) is 5.75 Å². The standard InChI is InChI=1S/C32H36N2O4/c1-4-8-28(24-14-12-23(13-15-24)21-22(2)3)38-26-18-16-25(17-19-26)32(37)31-27-9-5-6-20-34(27)29(33-31)10-7-11-30(35)36/h5-6,9,12-20,22,28H,4,7-8,10-11,21H2,1-3H3,(H,35,36)/t28-/m0/s1. The summed E-state index contributed by atoms with van der Waals surface area (Å²) in [6.45, 7) is 6.60. The van der Waals surface area contributed by atoms with Crippen molar-refractivity contribution < 1.29 is 19.4 Å². The van der Waals surface area contributed by atoms with Crippen LogP contribution in [0.1, 0.15) is 85.6 Å². The number of fused-ring (bicyclic) bond motifs is 1. The maximum Gasteiger partial charge on any atom is 0.303 e. The van der Waals surface area contributed by atoms with Gasteiger partial charge in [0.2, 0.25) is 5.78 Å². The minimum atomic E-state index is -0.839. The number of rotatable bonds is 13. The lowest BCUT2D eigenvalue weighted by Gasteiger charge is -2.20. The number of hydrogen-bond acceptors (Lipinski definition) is 4. The molecule has 4 rings (SSSR count). The second kappa shape index (κ2) is 12.5. The molecule has 0 aliphatic heterocycles. The monoisotopic (exact) mass is 512 g/mol. The van der Waals surface area contributed by atoms with E-state index in [0.29, 0.717) is 41.4 Å². The van der Waals surface area contributed by atoms with Crippen molar-refractivity contribution in [3.63, 3.8) is 0 Å². The number of benzene rings is 2. The first kappa shape index (κ1) is 27.1. The molecule has 1 N–H and O–H groups in total. The average Bonchev–Trinajstić information content (AvgIpc) is 3.27.